The Morgan fingerprint density at radius 3 is 2.32 bits per heavy atom. The molecule has 0 unspecified atom stereocenters. The van der Waals surface area contributed by atoms with Crippen LogP contribution in [0.15, 0.2) is 30.3 Å². The lowest BCUT2D eigenvalue weighted by molar-refractivity contribution is -0.154. The van der Waals surface area contributed by atoms with Gasteiger partial charge in [-0.1, -0.05) is 50.6 Å². The first-order chi connectivity index (χ1) is 10.2. The van der Waals surface area contributed by atoms with Gasteiger partial charge in [0.25, 0.3) is 0 Å². The summed E-state index contributed by atoms with van der Waals surface area (Å²) in [5.41, 5.74) is 0.751. The number of hydrogen-bond donors (Lipinski definition) is 0. The molecule has 0 radical (unpaired) electrons. The number of rotatable bonds is 8. The Hall–Kier alpha value is -1.06. The minimum atomic E-state index is -0.365. The molecule has 1 aliphatic rings. The maximum Gasteiger partial charge on any atom is 0.316 e. The number of hydrogen-bond acceptors (Lipinski definition) is 3. The first kappa shape index (κ1) is 19.0. The number of benzene rings is 1. The van der Waals surface area contributed by atoms with Crippen molar-refractivity contribution in [3.8, 4) is 0 Å². The molecule has 0 atom stereocenters. The van der Waals surface area contributed by atoms with Crippen LogP contribution in [0.5, 0.6) is 0 Å². The SMILES string of the molecule is CCN(CC)CCCOC(=O)C1(c2ccccc2)CCC1.Cl. The van der Waals surface area contributed by atoms with Crippen molar-refractivity contribution in [3.05, 3.63) is 35.9 Å². The lowest BCUT2D eigenvalue weighted by atomic mass is 9.64. The third-order valence-electron chi connectivity index (χ3n) is 4.67. The van der Waals surface area contributed by atoms with E-state index < -0.39 is 0 Å². The normalized spacial score (nSPS) is 15.8. The van der Waals surface area contributed by atoms with Crippen molar-refractivity contribution < 1.29 is 9.53 Å². The van der Waals surface area contributed by atoms with Gasteiger partial charge in [0.05, 0.1) is 12.0 Å². The third kappa shape index (κ3) is 4.23. The van der Waals surface area contributed by atoms with E-state index in [1.54, 1.807) is 0 Å². The van der Waals surface area contributed by atoms with E-state index in [0.717, 1.165) is 50.9 Å². The quantitative estimate of drug-likeness (QED) is 0.538. The highest BCUT2D eigenvalue weighted by Crippen LogP contribution is 2.44. The van der Waals surface area contributed by atoms with Gasteiger partial charge in [0.2, 0.25) is 0 Å². The second-order valence-corrected chi connectivity index (χ2v) is 5.82. The number of carbonyl (C=O) groups is 1. The zero-order valence-corrected chi connectivity index (χ0v) is 14.5. The molecule has 124 valence electrons. The maximum absolute atomic E-state index is 12.5. The molecule has 2 rings (SSSR count). The highest BCUT2D eigenvalue weighted by Gasteiger charge is 2.46. The molecular weight excluding hydrogens is 298 g/mol. The van der Waals surface area contributed by atoms with Crippen molar-refractivity contribution >= 4 is 18.4 Å². The van der Waals surface area contributed by atoms with Crippen molar-refractivity contribution in [1.29, 1.82) is 0 Å². The van der Waals surface area contributed by atoms with E-state index in [-0.39, 0.29) is 23.8 Å². The molecule has 1 aromatic rings. The molecule has 0 saturated heterocycles. The second-order valence-electron chi connectivity index (χ2n) is 5.82. The number of ether oxygens (including phenoxy) is 1. The van der Waals surface area contributed by atoms with Gasteiger partial charge < -0.3 is 9.64 Å². The fraction of sp³-hybridized carbons (Fsp3) is 0.611. The van der Waals surface area contributed by atoms with Gasteiger partial charge in [-0.05, 0) is 37.9 Å². The summed E-state index contributed by atoms with van der Waals surface area (Å²) < 4.78 is 5.58. The zero-order chi connectivity index (χ0) is 15.1. The van der Waals surface area contributed by atoms with Crippen molar-refractivity contribution in [2.45, 2.75) is 44.9 Å². The number of halogens is 1. The van der Waals surface area contributed by atoms with Gasteiger partial charge in [-0.25, -0.2) is 0 Å². The maximum atomic E-state index is 12.5. The average molecular weight is 326 g/mol. The van der Waals surface area contributed by atoms with Crippen LogP contribution in [0.1, 0.15) is 45.1 Å². The predicted molar refractivity (Wildman–Crippen MR) is 92.6 cm³/mol. The van der Waals surface area contributed by atoms with Gasteiger partial charge in [-0.3, -0.25) is 4.79 Å². The van der Waals surface area contributed by atoms with Crippen LogP contribution < -0.4 is 0 Å². The summed E-state index contributed by atoms with van der Waals surface area (Å²) in [4.78, 5) is 14.8. The van der Waals surface area contributed by atoms with Crippen LogP contribution in [-0.2, 0) is 14.9 Å². The first-order valence-corrected chi connectivity index (χ1v) is 8.18. The zero-order valence-electron chi connectivity index (χ0n) is 13.7. The summed E-state index contributed by atoms with van der Waals surface area (Å²) >= 11 is 0. The van der Waals surface area contributed by atoms with Crippen molar-refractivity contribution in [2.24, 2.45) is 0 Å². The van der Waals surface area contributed by atoms with Crippen LogP contribution in [0.3, 0.4) is 0 Å². The Bertz CT molecular complexity index is 442. The molecule has 0 heterocycles. The van der Waals surface area contributed by atoms with E-state index in [2.05, 4.69) is 30.9 Å². The molecule has 1 aliphatic carbocycles. The Balaban J connectivity index is 0.00000242. The molecule has 3 nitrogen and oxygen atoms in total. The standard InChI is InChI=1S/C18H27NO2.ClH/c1-3-19(4-2)14-9-15-21-17(20)18(12-8-13-18)16-10-6-5-7-11-16;/h5-7,10-11H,3-4,8-9,12-15H2,1-2H3;1H. The largest absolute Gasteiger partial charge is 0.465 e. The van der Waals surface area contributed by atoms with Crippen LogP contribution >= 0.6 is 12.4 Å². The Morgan fingerprint density at radius 1 is 1.18 bits per heavy atom. The van der Waals surface area contributed by atoms with Crippen LogP contribution in [-0.4, -0.2) is 37.1 Å². The fourth-order valence-electron chi connectivity index (χ4n) is 3.03. The molecule has 0 spiro atoms. The van der Waals surface area contributed by atoms with Gasteiger partial charge in [-0.2, -0.15) is 0 Å². The molecule has 0 aromatic heterocycles. The number of esters is 1. The number of nitrogens with zero attached hydrogens (tertiary/aromatic N) is 1. The van der Waals surface area contributed by atoms with Crippen LogP contribution in [0.4, 0.5) is 0 Å². The minimum Gasteiger partial charge on any atom is -0.465 e. The molecule has 1 fully saturated rings. The molecule has 0 N–H and O–H groups in total. The third-order valence-corrected chi connectivity index (χ3v) is 4.67. The lowest BCUT2D eigenvalue weighted by Gasteiger charge is -2.39. The predicted octanol–water partition coefficient (Wildman–Crippen LogP) is 3.81. The summed E-state index contributed by atoms with van der Waals surface area (Å²) in [7, 11) is 0. The fourth-order valence-corrected chi connectivity index (χ4v) is 3.03. The molecule has 4 heteroatoms. The highest BCUT2D eigenvalue weighted by molar-refractivity contribution is 5.85. The Kier molecular flexibility index (Phi) is 7.91. The molecule has 0 aliphatic heterocycles. The van der Waals surface area contributed by atoms with Gasteiger partial charge in [-0.15, -0.1) is 12.4 Å². The average Bonchev–Trinajstić information content (AvgIpc) is 2.47. The van der Waals surface area contributed by atoms with E-state index in [0.29, 0.717) is 6.61 Å². The lowest BCUT2D eigenvalue weighted by Crippen LogP contribution is -2.43. The Labute approximate surface area is 140 Å². The molecule has 0 amide bonds. The monoisotopic (exact) mass is 325 g/mol. The summed E-state index contributed by atoms with van der Waals surface area (Å²) in [5.74, 6) is -0.0282. The molecule has 22 heavy (non-hydrogen) atoms. The molecular formula is C18H28ClNO2. The second kappa shape index (κ2) is 9.16. The highest BCUT2D eigenvalue weighted by atomic mass is 35.5. The molecule has 1 aromatic carbocycles. The van der Waals surface area contributed by atoms with Crippen LogP contribution in [0, 0.1) is 0 Å². The first-order valence-electron chi connectivity index (χ1n) is 8.18. The van der Waals surface area contributed by atoms with Crippen LogP contribution in [0.2, 0.25) is 0 Å². The van der Waals surface area contributed by atoms with Crippen molar-refractivity contribution in [3.63, 3.8) is 0 Å². The van der Waals surface area contributed by atoms with E-state index in [4.69, 9.17) is 4.74 Å². The van der Waals surface area contributed by atoms with E-state index >= 15 is 0 Å². The van der Waals surface area contributed by atoms with Crippen molar-refractivity contribution in [2.75, 3.05) is 26.2 Å². The summed E-state index contributed by atoms with van der Waals surface area (Å²) in [6, 6.07) is 10.1. The molecule has 1 saturated carbocycles. The van der Waals surface area contributed by atoms with Gasteiger partial charge in [0.1, 0.15) is 0 Å². The summed E-state index contributed by atoms with van der Waals surface area (Å²) in [6.07, 6.45) is 3.87. The topological polar surface area (TPSA) is 29.5 Å². The summed E-state index contributed by atoms with van der Waals surface area (Å²) in [5, 5.41) is 0. The van der Waals surface area contributed by atoms with E-state index in [1.165, 1.54) is 0 Å². The van der Waals surface area contributed by atoms with Crippen molar-refractivity contribution in [1.82, 2.24) is 4.90 Å². The van der Waals surface area contributed by atoms with Crippen LogP contribution in [0.25, 0.3) is 0 Å². The molecule has 0 bridgehead atoms. The summed E-state index contributed by atoms with van der Waals surface area (Å²) in [6.45, 7) is 7.96. The van der Waals surface area contributed by atoms with Gasteiger partial charge >= 0.3 is 5.97 Å². The Morgan fingerprint density at radius 2 is 1.82 bits per heavy atom. The van der Waals surface area contributed by atoms with Gasteiger partial charge in [0.15, 0.2) is 0 Å². The van der Waals surface area contributed by atoms with E-state index in [1.807, 2.05) is 18.2 Å². The van der Waals surface area contributed by atoms with Gasteiger partial charge in [0, 0.05) is 6.54 Å². The van der Waals surface area contributed by atoms with E-state index in [9.17, 15) is 4.79 Å². The minimum absolute atomic E-state index is 0. The number of carbonyl (C=O) groups excluding carboxylic acids is 1. The smallest absolute Gasteiger partial charge is 0.316 e.